The number of rotatable bonds is 0. The molecule has 0 saturated heterocycles. The van der Waals surface area contributed by atoms with Gasteiger partial charge in [0.1, 0.15) is 5.75 Å². The summed E-state index contributed by atoms with van der Waals surface area (Å²) in [5.74, 6) is 0.920. The molecule has 0 bridgehead atoms. The molecule has 3 heteroatoms. The first kappa shape index (κ1) is 8.08. The second kappa shape index (κ2) is 3.07. The maximum absolute atomic E-state index is 5.94. The van der Waals surface area contributed by atoms with Gasteiger partial charge in [-0.3, -0.25) is 0 Å². The molecule has 0 amide bonds. The van der Waals surface area contributed by atoms with Gasteiger partial charge in [0.05, 0.1) is 6.61 Å². The van der Waals surface area contributed by atoms with E-state index in [-0.39, 0.29) is 6.04 Å². The number of nitrogens with two attached hydrogens (primary N) is 1. The maximum Gasteiger partial charge on any atom is 0.125 e. The van der Waals surface area contributed by atoms with Crippen molar-refractivity contribution < 1.29 is 4.74 Å². The standard InChI is InChI=1S/C9H10BrNO/c10-6-2-1-3-8-9(6)7(11)4-5-12-8/h1-3,7H,4-5,11H2. The molecular formula is C9H10BrNO. The quantitative estimate of drug-likeness (QED) is 0.738. The molecule has 2 nitrogen and oxygen atoms in total. The summed E-state index contributed by atoms with van der Waals surface area (Å²) in [4.78, 5) is 0. The van der Waals surface area contributed by atoms with E-state index in [0.29, 0.717) is 0 Å². The Kier molecular flexibility index (Phi) is 2.07. The summed E-state index contributed by atoms with van der Waals surface area (Å²) >= 11 is 3.46. The minimum Gasteiger partial charge on any atom is -0.493 e. The predicted molar refractivity (Wildman–Crippen MR) is 51.2 cm³/mol. The van der Waals surface area contributed by atoms with Crippen molar-refractivity contribution in [2.24, 2.45) is 5.73 Å². The first-order valence-electron chi connectivity index (χ1n) is 3.96. The van der Waals surface area contributed by atoms with E-state index >= 15 is 0 Å². The molecule has 1 aliphatic rings. The normalized spacial score (nSPS) is 21.3. The molecule has 0 saturated carbocycles. The summed E-state index contributed by atoms with van der Waals surface area (Å²) in [6.45, 7) is 0.727. The highest BCUT2D eigenvalue weighted by Gasteiger charge is 2.19. The molecule has 2 rings (SSSR count). The third kappa shape index (κ3) is 1.23. The molecule has 1 atom stereocenters. The molecule has 64 valence electrons. The molecule has 1 heterocycles. The highest BCUT2D eigenvalue weighted by Crippen LogP contribution is 2.35. The molecule has 12 heavy (non-hydrogen) atoms. The van der Waals surface area contributed by atoms with Crippen molar-refractivity contribution in [3.8, 4) is 5.75 Å². The van der Waals surface area contributed by atoms with Crippen LogP contribution in [-0.4, -0.2) is 6.61 Å². The molecule has 2 N–H and O–H groups in total. The Morgan fingerprint density at radius 2 is 2.33 bits per heavy atom. The van der Waals surface area contributed by atoms with Crippen molar-refractivity contribution in [2.45, 2.75) is 12.5 Å². The Morgan fingerprint density at radius 1 is 1.50 bits per heavy atom. The van der Waals surface area contributed by atoms with E-state index in [1.54, 1.807) is 0 Å². The molecule has 0 aliphatic carbocycles. The van der Waals surface area contributed by atoms with Crippen LogP contribution in [0.1, 0.15) is 18.0 Å². The number of hydrogen-bond acceptors (Lipinski definition) is 2. The Morgan fingerprint density at radius 3 is 3.08 bits per heavy atom. The molecular weight excluding hydrogens is 218 g/mol. The zero-order valence-corrected chi connectivity index (χ0v) is 8.17. The summed E-state index contributed by atoms with van der Waals surface area (Å²) in [6, 6.07) is 6.03. The number of hydrogen-bond donors (Lipinski definition) is 1. The molecule has 1 aliphatic heterocycles. The lowest BCUT2D eigenvalue weighted by Crippen LogP contribution is -2.20. The fourth-order valence-electron chi connectivity index (χ4n) is 1.44. The first-order valence-corrected chi connectivity index (χ1v) is 4.75. The van der Waals surface area contributed by atoms with Gasteiger partial charge in [-0.15, -0.1) is 0 Å². The Labute approximate surface area is 79.8 Å². The molecule has 1 unspecified atom stereocenters. The van der Waals surface area contributed by atoms with E-state index in [1.165, 1.54) is 0 Å². The SMILES string of the molecule is NC1CCOc2cccc(Br)c21. The van der Waals surface area contributed by atoms with Gasteiger partial charge in [0.2, 0.25) is 0 Å². The molecule has 0 fully saturated rings. The average Bonchev–Trinajstić information content (AvgIpc) is 2.04. The summed E-state index contributed by atoms with van der Waals surface area (Å²) in [7, 11) is 0. The minimum atomic E-state index is 0.115. The van der Waals surface area contributed by atoms with E-state index in [2.05, 4.69) is 15.9 Å². The van der Waals surface area contributed by atoms with Crippen molar-refractivity contribution in [3.63, 3.8) is 0 Å². The molecule has 0 radical (unpaired) electrons. The Hall–Kier alpha value is -0.540. The van der Waals surface area contributed by atoms with Gasteiger partial charge in [-0.2, -0.15) is 0 Å². The van der Waals surface area contributed by atoms with Crippen molar-refractivity contribution in [1.29, 1.82) is 0 Å². The summed E-state index contributed by atoms with van der Waals surface area (Å²) in [6.07, 6.45) is 0.898. The van der Waals surface area contributed by atoms with Crippen LogP contribution in [0.5, 0.6) is 5.75 Å². The van der Waals surface area contributed by atoms with Gasteiger partial charge in [0, 0.05) is 22.5 Å². The Bertz CT molecular complexity index is 301. The van der Waals surface area contributed by atoms with Crippen LogP contribution in [0, 0.1) is 0 Å². The van der Waals surface area contributed by atoms with Gasteiger partial charge >= 0.3 is 0 Å². The smallest absolute Gasteiger partial charge is 0.125 e. The lowest BCUT2D eigenvalue weighted by Gasteiger charge is -2.23. The van der Waals surface area contributed by atoms with Crippen LogP contribution in [0.2, 0.25) is 0 Å². The van der Waals surface area contributed by atoms with Crippen molar-refractivity contribution in [1.82, 2.24) is 0 Å². The maximum atomic E-state index is 5.94. The van der Waals surface area contributed by atoms with Gasteiger partial charge in [0.15, 0.2) is 0 Å². The van der Waals surface area contributed by atoms with Crippen molar-refractivity contribution in [3.05, 3.63) is 28.2 Å². The van der Waals surface area contributed by atoms with Crippen molar-refractivity contribution >= 4 is 15.9 Å². The minimum absolute atomic E-state index is 0.115. The number of ether oxygens (including phenoxy) is 1. The topological polar surface area (TPSA) is 35.2 Å². The largest absolute Gasteiger partial charge is 0.493 e. The van der Waals surface area contributed by atoms with E-state index in [1.807, 2.05) is 18.2 Å². The summed E-state index contributed by atoms with van der Waals surface area (Å²) < 4.78 is 6.51. The third-order valence-corrected chi connectivity index (χ3v) is 2.76. The van der Waals surface area contributed by atoms with E-state index in [4.69, 9.17) is 10.5 Å². The third-order valence-electron chi connectivity index (χ3n) is 2.07. The number of fused-ring (bicyclic) bond motifs is 1. The molecule has 1 aromatic carbocycles. The summed E-state index contributed by atoms with van der Waals surface area (Å²) in [5.41, 5.74) is 7.04. The lowest BCUT2D eigenvalue weighted by molar-refractivity contribution is 0.268. The fraction of sp³-hybridized carbons (Fsp3) is 0.333. The number of halogens is 1. The van der Waals surface area contributed by atoms with E-state index < -0.39 is 0 Å². The van der Waals surface area contributed by atoms with Crippen LogP contribution in [0.15, 0.2) is 22.7 Å². The van der Waals surface area contributed by atoms with Crippen LogP contribution in [-0.2, 0) is 0 Å². The first-order chi connectivity index (χ1) is 5.79. The van der Waals surface area contributed by atoms with Crippen LogP contribution in [0.4, 0.5) is 0 Å². The van der Waals surface area contributed by atoms with Crippen LogP contribution < -0.4 is 10.5 Å². The zero-order valence-electron chi connectivity index (χ0n) is 6.59. The highest BCUT2D eigenvalue weighted by molar-refractivity contribution is 9.10. The molecule has 0 aromatic heterocycles. The fourth-order valence-corrected chi connectivity index (χ4v) is 2.09. The van der Waals surface area contributed by atoms with Crippen LogP contribution in [0.3, 0.4) is 0 Å². The molecule has 1 aromatic rings. The average molecular weight is 228 g/mol. The van der Waals surface area contributed by atoms with Gasteiger partial charge in [0.25, 0.3) is 0 Å². The van der Waals surface area contributed by atoms with Gasteiger partial charge in [-0.25, -0.2) is 0 Å². The summed E-state index contributed by atoms with van der Waals surface area (Å²) in [5, 5.41) is 0. The molecule has 0 spiro atoms. The van der Waals surface area contributed by atoms with Gasteiger partial charge < -0.3 is 10.5 Å². The van der Waals surface area contributed by atoms with Crippen LogP contribution in [0.25, 0.3) is 0 Å². The highest BCUT2D eigenvalue weighted by atomic mass is 79.9. The second-order valence-corrected chi connectivity index (χ2v) is 3.75. The van der Waals surface area contributed by atoms with Gasteiger partial charge in [-0.05, 0) is 12.1 Å². The monoisotopic (exact) mass is 227 g/mol. The second-order valence-electron chi connectivity index (χ2n) is 2.90. The van der Waals surface area contributed by atoms with Gasteiger partial charge in [-0.1, -0.05) is 22.0 Å². The van der Waals surface area contributed by atoms with E-state index in [0.717, 1.165) is 28.8 Å². The van der Waals surface area contributed by atoms with E-state index in [9.17, 15) is 0 Å². The van der Waals surface area contributed by atoms with Crippen molar-refractivity contribution in [2.75, 3.05) is 6.61 Å². The lowest BCUT2D eigenvalue weighted by atomic mass is 10.0. The number of benzene rings is 1. The zero-order chi connectivity index (χ0) is 8.55. The Balaban J connectivity index is 2.53. The van der Waals surface area contributed by atoms with Crippen LogP contribution >= 0.6 is 15.9 Å². The predicted octanol–water partition coefficient (Wildman–Crippen LogP) is 2.23.